The number of H-pyrrole nitrogens is 1. The number of rotatable bonds is 17. The van der Waals surface area contributed by atoms with Crippen molar-refractivity contribution in [3.63, 3.8) is 0 Å². The molecule has 1 aliphatic rings. The first-order valence-corrected chi connectivity index (χ1v) is 21.9. The van der Waals surface area contributed by atoms with Crippen molar-refractivity contribution in [1.82, 2.24) is 15.2 Å². The van der Waals surface area contributed by atoms with Crippen LogP contribution in [-0.2, 0) is 22.4 Å². The van der Waals surface area contributed by atoms with Gasteiger partial charge in [-0.05, 0) is 90.9 Å². The third kappa shape index (κ3) is 11.4. The predicted octanol–water partition coefficient (Wildman–Crippen LogP) is 7.35. The number of aromatic nitrogens is 1. The number of phenols is 1. The van der Waals surface area contributed by atoms with E-state index in [9.17, 15) is 34.5 Å². The van der Waals surface area contributed by atoms with Crippen molar-refractivity contribution in [1.29, 1.82) is 0 Å². The highest BCUT2D eigenvalue weighted by Crippen LogP contribution is 2.34. The summed E-state index contributed by atoms with van der Waals surface area (Å²) in [6.07, 6.45) is 0.330. The third-order valence-corrected chi connectivity index (χ3v) is 12.1. The van der Waals surface area contributed by atoms with Crippen LogP contribution in [0.15, 0.2) is 126 Å². The first kappa shape index (κ1) is 46.0. The lowest BCUT2D eigenvalue weighted by atomic mass is 9.98. The Hall–Kier alpha value is -7.00. The molecule has 6 aromatic rings. The standard InChI is InChI=1S/C51H56N6O8/c1-33(52-32-45(59)41-17-19-44(58)50-42(41)18-21-47(60)54-50)28-36-29-34(16-20-46(36)65-3)30-48(61)53-37-12-9-13-39(31-37)55(2)49(62)24-27-56-25-22-38(23-26-56)57(51(63)64)43-15-8-7-14-40(43)35-10-5-4-6-11-35/h4-21,29,31,33,38,45,52,58-59H,22-28,30,32H2,1-3H3,(H,53,61)(H,54,60)(H,63,64)/t33?,45-/m0/s1. The minimum Gasteiger partial charge on any atom is -0.506 e. The number of hydrogen-bond donors (Lipinski definition) is 6. The number of carbonyl (C=O) groups is 3. The second kappa shape index (κ2) is 21.1. The molecule has 2 heterocycles. The number of nitrogens with zero attached hydrogens (tertiary/aromatic N) is 3. The summed E-state index contributed by atoms with van der Waals surface area (Å²) < 4.78 is 5.64. The summed E-state index contributed by atoms with van der Waals surface area (Å²) in [5, 5.41) is 38.5. The Morgan fingerprint density at radius 3 is 2.42 bits per heavy atom. The number of benzene rings is 5. The number of carboxylic acid groups (broad SMARTS) is 1. The fourth-order valence-corrected chi connectivity index (χ4v) is 8.63. The van der Waals surface area contributed by atoms with Gasteiger partial charge >= 0.3 is 6.09 Å². The van der Waals surface area contributed by atoms with Crippen molar-refractivity contribution in [2.24, 2.45) is 0 Å². The van der Waals surface area contributed by atoms with E-state index in [1.165, 1.54) is 17.0 Å². The zero-order valence-electron chi connectivity index (χ0n) is 36.9. The van der Waals surface area contributed by atoms with Gasteiger partial charge in [-0.1, -0.05) is 72.8 Å². The number of aromatic amines is 1. The highest BCUT2D eigenvalue weighted by Gasteiger charge is 2.31. The number of amides is 3. The van der Waals surface area contributed by atoms with Crippen LogP contribution in [0, 0.1) is 0 Å². The van der Waals surface area contributed by atoms with Crippen LogP contribution in [0.2, 0.25) is 0 Å². The summed E-state index contributed by atoms with van der Waals surface area (Å²) in [6, 6.07) is 36.0. The number of ether oxygens (including phenoxy) is 1. The summed E-state index contributed by atoms with van der Waals surface area (Å²) in [4.78, 5) is 59.2. The molecule has 1 aliphatic heterocycles. The van der Waals surface area contributed by atoms with Crippen molar-refractivity contribution >= 4 is 45.9 Å². The number of fused-ring (bicyclic) bond motifs is 1. The molecule has 0 radical (unpaired) electrons. The van der Waals surface area contributed by atoms with E-state index in [1.54, 1.807) is 49.4 Å². The molecule has 3 amide bonds. The Morgan fingerprint density at radius 1 is 0.908 bits per heavy atom. The minimum atomic E-state index is -0.981. The van der Waals surface area contributed by atoms with Crippen LogP contribution in [-0.4, -0.2) is 95.5 Å². The van der Waals surface area contributed by atoms with Gasteiger partial charge in [0, 0.05) is 80.1 Å². The largest absolute Gasteiger partial charge is 0.506 e. The molecule has 338 valence electrons. The molecule has 7 rings (SSSR count). The Labute approximate surface area is 378 Å². The molecule has 14 heteroatoms. The number of carbonyl (C=O) groups excluding carboxylic acids is 2. The second-order valence-electron chi connectivity index (χ2n) is 16.5. The molecule has 6 N–H and O–H groups in total. The number of aliphatic hydroxyl groups excluding tert-OH is 1. The number of pyridine rings is 1. The topological polar surface area (TPSA) is 188 Å². The molecule has 65 heavy (non-hydrogen) atoms. The van der Waals surface area contributed by atoms with Gasteiger partial charge in [0.1, 0.15) is 11.5 Å². The number of aromatic hydroxyl groups is 1. The third-order valence-electron chi connectivity index (χ3n) is 12.1. The van der Waals surface area contributed by atoms with E-state index in [4.69, 9.17) is 4.74 Å². The molecule has 1 fully saturated rings. The summed E-state index contributed by atoms with van der Waals surface area (Å²) >= 11 is 0. The zero-order chi connectivity index (χ0) is 46.0. The van der Waals surface area contributed by atoms with E-state index in [2.05, 4.69) is 20.5 Å². The van der Waals surface area contributed by atoms with Gasteiger partial charge in [-0.25, -0.2) is 4.79 Å². The average molecular weight is 881 g/mol. The first-order chi connectivity index (χ1) is 31.4. The van der Waals surface area contributed by atoms with Crippen molar-refractivity contribution < 1.29 is 34.4 Å². The molecular formula is C51H56N6O8. The number of piperidine rings is 1. The SMILES string of the molecule is COc1ccc(CC(=O)Nc2cccc(N(C)C(=O)CCN3CCC(N(C(=O)O)c4ccccc4-c4ccccc4)CC3)c2)cc1CC(C)NC[C@H](O)c1ccc(O)c2[nH]c(=O)ccc12. The molecule has 1 aromatic heterocycles. The number of para-hydroxylation sites is 1. The molecule has 5 aromatic carbocycles. The molecule has 0 saturated carbocycles. The number of hydrogen-bond acceptors (Lipinski definition) is 9. The molecule has 0 spiro atoms. The highest BCUT2D eigenvalue weighted by molar-refractivity contribution is 5.96. The van der Waals surface area contributed by atoms with Crippen LogP contribution >= 0.6 is 0 Å². The van der Waals surface area contributed by atoms with Crippen molar-refractivity contribution in [3.8, 4) is 22.6 Å². The molecular weight excluding hydrogens is 825 g/mol. The maximum Gasteiger partial charge on any atom is 0.412 e. The van der Waals surface area contributed by atoms with E-state index < -0.39 is 12.2 Å². The number of anilines is 3. The molecule has 0 aliphatic carbocycles. The van der Waals surface area contributed by atoms with Crippen LogP contribution in [0.3, 0.4) is 0 Å². The molecule has 0 bridgehead atoms. The highest BCUT2D eigenvalue weighted by atomic mass is 16.5. The van der Waals surface area contributed by atoms with Gasteiger partial charge in [-0.15, -0.1) is 0 Å². The molecule has 2 atom stereocenters. The number of phenolic OH excluding ortho intramolecular Hbond substituents is 1. The summed E-state index contributed by atoms with van der Waals surface area (Å²) in [6.45, 7) is 4.08. The van der Waals surface area contributed by atoms with Gasteiger partial charge in [0.2, 0.25) is 17.4 Å². The Bertz CT molecular complexity index is 2680. The van der Waals surface area contributed by atoms with Crippen LogP contribution in [0.1, 0.15) is 49.0 Å². The number of likely N-dealkylation sites (tertiary alicyclic amines) is 1. The fourth-order valence-electron chi connectivity index (χ4n) is 8.63. The summed E-state index contributed by atoms with van der Waals surface area (Å²) in [7, 11) is 3.31. The van der Waals surface area contributed by atoms with Crippen LogP contribution in [0.5, 0.6) is 11.5 Å². The van der Waals surface area contributed by atoms with E-state index in [-0.39, 0.29) is 60.1 Å². The quantitative estimate of drug-likeness (QED) is 0.0541. The van der Waals surface area contributed by atoms with Crippen molar-refractivity contribution in [2.75, 3.05) is 55.5 Å². The van der Waals surface area contributed by atoms with Crippen LogP contribution < -0.4 is 30.7 Å². The van der Waals surface area contributed by atoms with Gasteiger partial charge in [-0.3, -0.25) is 19.3 Å². The number of nitrogens with one attached hydrogen (secondary N) is 3. The molecule has 1 saturated heterocycles. The monoisotopic (exact) mass is 880 g/mol. The average Bonchev–Trinajstić information content (AvgIpc) is 3.31. The lowest BCUT2D eigenvalue weighted by Gasteiger charge is -2.38. The van der Waals surface area contributed by atoms with Crippen LogP contribution in [0.4, 0.5) is 21.9 Å². The maximum atomic E-state index is 13.4. The Morgan fingerprint density at radius 2 is 1.66 bits per heavy atom. The lowest BCUT2D eigenvalue weighted by molar-refractivity contribution is -0.118. The van der Waals surface area contributed by atoms with Crippen molar-refractivity contribution in [3.05, 3.63) is 148 Å². The van der Waals surface area contributed by atoms with Gasteiger partial charge < -0.3 is 45.5 Å². The number of aliphatic hydroxyl groups is 1. The maximum absolute atomic E-state index is 13.4. The van der Waals surface area contributed by atoms with E-state index in [0.29, 0.717) is 72.7 Å². The Balaban J connectivity index is 0.889. The van der Waals surface area contributed by atoms with Gasteiger partial charge in [-0.2, -0.15) is 0 Å². The fraction of sp³-hybridized carbons (Fsp3) is 0.294. The first-order valence-electron chi connectivity index (χ1n) is 21.9. The summed E-state index contributed by atoms with van der Waals surface area (Å²) in [5.74, 6) is 0.302. The summed E-state index contributed by atoms with van der Waals surface area (Å²) in [5.41, 5.74) is 5.88. The molecule has 14 nitrogen and oxygen atoms in total. The van der Waals surface area contributed by atoms with Gasteiger partial charge in [0.15, 0.2) is 0 Å². The number of methoxy groups -OCH3 is 1. The van der Waals surface area contributed by atoms with Crippen molar-refractivity contribution in [2.45, 2.75) is 57.2 Å². The predicted molar refractivity (Wildman–Crippen MR) is 254 cm³/mol. The second-order valence-corrected chi connectivity index (χ2v) is 16.5. The van der Waals surface area contributed by atoms with E-state index in [1.807, 2.05) is 85.8 Å². The minimum absolute atomic E-state index is 0.0731. The van der Waals surface area contributed by atoms with Crippen LogP contribution in [0.25, 0.3) is 22.0 Å². The smallest absolute Gasteiger partial charge is 0.412 e. The van der Waals surface area contributed by atoms with Gasteiger partial charge in [0.05, 0.1) is 30.8 Å². The normalized spacial score (nSPS) is 14.1. The molecule has 1 unspecified atom stereocenters. The Kier molecular flexibility index (Phi) is 14.9. The lowest BCUT2D eigenvalue weighted by Crippen LogP contribution is -2.48. The van der Waals surface area contributed by atoms with E-state index in [0.717, 1.165) is 22.3 Å². The van der Waals surface area contributed by atoms with E-state index >= 15 is 0 Å². The zero-order valence-corrected chi connectivity index (χ0v) is 36.9. The van der Waals surface area contributed by atoms with Gasteiger partial charge in [0.25, 0.3) is 0 Å².